The lowest BCUT2D eigenvalue weighted by Gasteiger charge is -2.16. The Kier molecular flexibility index (Phi) is 7.69. The van der Waals surface area contributed by atoms with Crippen molar-refractivity contribution in [1.82, 2.24) is 19.7 Å². The maximum Gasteiger partial charge on any atom is 0.236 e. The number of ether oxygens (including phenoxy) is 2. The highest BCUT2D eigenvalue weighted by Crippen LogP contribution is 2.27. The molecule has 0 aliphatic rings. The predicted octanol–water partition coefficient (Wildman–Crippen LogP) is 4.42. The summed E-state index contributed by atoms with van der Waals surface area (Å²) in [6.45, 7) is 10.1. The van der Waals surface area contributed by atoms with Gasteiger partial charge >= 0.3 is 0 Å². The maximum absolute atomic E-state index is 12.3. The Morgan fingerprint density at radius 2 is 2.13 bits per heavy atom. The predicted molar refractivity (Wildman–Crippen MR) is 123 cm³/mol. The molecule has 1 amide bonds. The van der Waals surface area contributed by atoms with Gasteiger partial charge in [0, 0.05) is 17.5 Å². The molecule has 8 nitrogen and oxygen atoms in total. The van der Waals surface area contributed by atoms with Gasteiger partial charge in [-0.15, -0.1) is 28.1 Å². The number of methoxy groups -OCH3 is 1. The van der Waals surface area contributed by atoms with Crippen LogP contribution in [-0.4, -0.2) is 38.5 Å². The average molecular weight is 460 g/mol. The average Bonchev–Trinajstić information content (AvgIpc) is 3.29. The minimum absolute atomic E-state index is 0.144. The molecule has 0 aliphatic carbocycles. The van der Waals surface area contributed by atoms with Crippen LogP contribution >= 0.6 is 23.1 Å². The van der Waals surface area contributed by atoms with Crippen LogP contribution in [0.2, 0.25) is 0 Å². The van der Waals surface area contributed by atoms with Crippen LogP contribution in [0.1, 0.15) is 29.4 Å². The molecule has 0 radical (unpaired) electrons. The van der Waals surface area contributed by atoms with Crippen LogP contribution in [0.4, 0.5) is 5.13 Å². The van der Waals surface area contributed by atoms with E-state index in [1.54, 1.807) is 13.2 Å². The third-order valence-corrected chi connectivity index (χ3v) is 6.34. The summed E-state index contributed by atoms with van der Waals surface area (Å²) in [4.78, 5) is 17.8. The number of hydrogen-bond acceptors (Lipinski definition) is 8. The lowest BCUT2D eigenvalue weighted by Crippen LogP contribution is -2.15. The molecule has 0 saturated carbocycles. The first kappa shape index (κ1) is 22.8. The van der Waals surface area contributed by atoms with Crippen molar-refractivity contribution in [3.63, 3.8) is 0 Å². The quantitative estimate of drug-likeness (QED) is 0.354. The molecule has 31 heavy (non-hydrogen) atoms. The van der Waals surface area contributed by atoms with Gasteiger partial charge in [-0.05, 0) is 32.9 Å². The van der Waals surface area contributed by atoms with Crippen LogP contribution < -0.4 is 14.8 Å². The van der Waals surface area contributed by atoms with Crippen molar-refractivity contribution in [3.05, 3.63) is 53.3 Å². The Morgan fingerprint density at radius 3 is 2.81 bits per heavy atom. The number of carbonyl (C=O) groups is 1. The second-order valence-corrected chi connectivity index (χ2v) is 8.82. The number of amides is 1. The molecule has 1 unspecified atom stereocenters. The number of nitrogens with zero attached hydrogens (tertiary/aromatic N) is 4. The van der Waals surface area contributed by atoms with Gasteiger partial charge in [-0.1, -0.05) is 23.9 Å². The molecule has 164 valence electrons. The number of rotatable bonds is 10. The number of aromatic nitrogens is 4. The van der Waals surface area contributed by atoms with Crippen LogP contribution in [0.25, 0.3) is 0 Å². The molecule has 2 aromatic heterocycles. The summed E-state index contributed by atoms with van der Waals surface area (Å²) < 4.78 is 13.2. The number of thioether (sulfide) groups is 1. The van der Waals surface area contributed by atoms with Crippen molar-refractivity contribution in [2.24, 2.45) is 0 Å². The summed E-state index contributed by atoms with van der Waals surface area (Å²) in [6.07, 6.45) is 1.40. The number of carbonyl (C=O) groups excluding carboxylic acids is 1. The van der Waals surface area contributed by atoms with E-state index in [9.17, 15) is 4.79 Å². The van der Waals surface area contributed by atoms with Gasteiger partial charge in [0.05, 0.1) is 18.6 Å². The number of allylic oxidation sites excluding steroid dienone is 1. The summed E-state index contributed by atoms with van der Waals surface area (Å²) >= 11 is 2.77. The van der Waals surface area contributed by atoms with Crippen molar-refractivity contribution in [3.8, 4) is 11.5 Å². The van der Waals surface area contributed by atoms with Gasteiger partial charge in [-0.2, -0.15) is 0 Å². The zero-order valence-electron chi connectivity index (χ0n) is 17.9. The summed E-state index contributed by atoms with van der Waals surface area (Å²) in [7, 11) is 1.61. The molecule has 10 heteroatoms. The molecule has 0 spiro atoms. The third kappa shape index (κ3) is 5.86. The molecule has 0 fully saturated rings. The fourth-order valence-electron chi connectivity index (χ4n) is 2.75. The van der Waals surface area contributed by atoms with E-state index in [4.69, 9.17) is 9.47 Å². The first-order valence-corrected chi connectivity index (χ1v) is 11.4. The van der Waals surface area contributed by atoms with Gasteiger partial charge in [0.25, 0.3) is 0 Å². The highest BCUT2D eigenvalue weighted by molar-refractivity contribution is 7.99. The second kappa shape index (κ2) is 10.5. The molecular weight excluding hydrogens is 434 g/mol. The van der Waals surface area contributed by atoms with Gasteiger partial charge in [0.2, 0.25) is 5.91 Å². The molecule has 1 aromatic carbocycles. The Balaban J connectivity index is 1.67. The van der Waals surface area contributed by atoms with E-state index >= 15 is 0 Å². The minimum atomic E-state index is -0.357. The minimum Gasteiger partial charge on any atom is -0.497 e. The third-order valence-electron chi connectivity index (χ3n) is 4.38. The largest absolute Gasteiger partial charge is 0.497 e. The number of nitrogens with one attached hydrogen (secondary N) is 1. The SMILES string of the molecule is C=CCn1c(SCC(=O)Nc2nc(C)c(C)s2)nnc1C(C)Oc1cccc(OC)c1. The van der Waals surface area contributed by atoms with E-state index in [0.717, 1.165) is 10.6 Å². The first-order valence-electron chi connectivity index (χ1n) is 9.62. The maximum atomic E-state index is 12.3. The Labute approximate surface area is 189 Å². The van der Waals surface area contributed by atoms with Crippen LogP contribution in [0, 0.1) is 13.8 Å². The smallest absolute Gasteiger partial charge is 0.236 e. The number of thiazole rings is 1. The Morgan fingerprint density at radius 1 is 1.35 bits per heavy atom. The zero-order valence-corrected chi connectivity index (χ0v) is 19.5. The molecule has 0 bridgehead atoms. The standard InChI is InChI=1S/C21H25N5O3S2/c1-6-10-26-19(14(3)29-17-9-7-8-16(11-17)28-5)24-25-21(26)30-12-18(27)23-20-22-13(2)15(4)31-20/h6-9,11,14H,1,10,12H2,2-5H3,(H,22,23,27). The molecule has 1 N–H and O–H groups in total. The fourth-order valence-corrected chi connectivity index (χ4v) is 4.34. The lowest BCUT2D eigenvalue weighted by molar-refractivity contribution is -0.113. The van der Waals surface area contributed by atoms with Crippen molar-refractivity contribution >= 4 is 34.1 Å². The van der Waals surface area contributed by atoms with E-state index in [2.05, 4.69) is 27.1 Å². The number of hydrogen-bond donors (Lipinski definition) is 1. The Bertz CT molecular complexity index is 1040. The summed E-state index contributed by atoms with van der Waals surface area (Å²) in [5.74, 6) is 2.08. The second-order valence-electron chi connectivity index (χ2n) is 6.68. The van der Waals surface area contributed by atoms with Crippen LogP contribution in [0.3, 0.4) is 0 Å². The van der Waals surface area contributed by atoms with E-state index in [1.807, 2.05) is 49.6 Å². The summed E-state index contributed by atoms with van der Waals surface area (Å²) in [5, 5.41) is 12.6. The molecule has 3 rings (SSSR count). The van der Waals surface area contributed by atoms with E-state index in [1.165, 1.54) is 23.1 Å². The summed E-state index contributed by atoms with van der Waals surface area (Å²) in [6, 6.07) is 7.38. The molecule has 3 aromatic rings. The van der Waals surface area contributed by atoms with E-state index in [-0.39, 0.29) is 17.8 Å². The van der Waals surface area contributed by atoms with Gasteiger partial charge in [-0.25, -0.2) is 4.98 Å². The van der Waals surface area contributed by atoms with Gasteiger partial charge in [0.1, 0.15) is 11.5 Å². The highest BCUT2D eigenvalue weighted by Gasteiger charge is 2.20. The molecule has 1 atom stereocenters. The van der Waals surface area contributed by atoms with Crippen molar-refractivity contribution in [1.29, 1.82) is 0 Å². The fraction of sp³-hybridized carbons (Fsp3) is 0.333. The van der Waals surface area contributed by atoms with Crippen LogP contribution in [0.15, 0.2) is 42.1 Å². The molecule has 2 heterocycles. The van der Waals surface area contributed by atoms with Crippen LogP contribution in [0.5, 0.6) is 11.5 Å². The van der Waals surface area contributed by atoms with Crippen molar-refractivity contribution in [2.45, 2.75) is 38.6 Å². The monoisotopic (exact) mass is 459 g/mol. The molecule has 0 aliphatic heterocycles. The van der Waals surface area contributed by atoms with Crippen molar-refractivity contribution < 1.29 is 14.3 Å². The van der Waals surface area contributed by atoms with Crippen molar-refractivity contribution in [2.75, 3.05) is 18.2 Å². The molecular formula is C21H25N5O3S2. The number of anilines is 1. The van der Waals surface area contributed by atoms with Gasteiger partial charge in [-0.3, -0.25) is 9.36 Å². The Hall–Kier alpha value is -2.85. The first-order chi connectivity index (χ1) is 14.9. The lowest BCUT2D eigenvalue weighted by atomic mass is 10.3. The van der Waals surface area contributed by atoms with E-state index in [0.29, 0.717) is 34.2 Å². The summed E-state index contributed by atoms with van der Waals surface area (Å²) in [5.41, 5.74) is 0.924. The number of benzene rings is 1. The topological polar surface area (TPSA) is 91.2 Å². The number of aryl methyl sites for hydroxylation is 2. The normalized spacial score (nSPS) is 11.7. The van der Waals surface area contributed by atoms with Gasteiger partial charge in [0.15, 0.2) is 22.2 Å². The highest BCUT2D eigenvalue weighted by atomic mass is 32.2. The molecule has 0 saturated heterocycles. The van der Waals surface area contributed by atoms with Gasteiger partial charge < -0.3 is 14.8 Å². The van der Waals surface area contributed by atoms with Crippen LogP contribution in [-0.2, 0) is 11.3 Å². The zero-order chi connectivity index (χ0) is 22.4. The van der Waals surface area contributed by atoms with E-state index < -0.39 is 0 Å².